The van der Waals surface area contributed by atoms with Crippen molar-refractivity contribution in [3.63, 3.8) is 0 Å². The van der Waals surface area contributed by atoms with Gasteiger partial charge in [0.25, 0.3) is 5.91 Å². The third-order valence-corrected chi connectivity index (χ3v) is 6.62. The molecule has 158 valence electrons. The maximum absolute atomic E-state index is 13.6. The zero-order valence-corrected chi connectivity index (χ0v) is 18.1. The van der Waals surface area contributed by atoms with Crippen molar-refractivity contribution in [2.24, 2.45) is 5.92 Å². The number of anilines is 1. The van der Waals surface area contributed by atoms with Gasteiger partial charge in [-0.05, 0) is 48.7 Å². The molecule has 1 atom stereocenters. The molecule has 1 saturated heterocycles. The number of rotatable bonds is 6. The van der Waals surface area contributed by atoms with E-state index in [1.54, 1.807) is 0 Å². The number of hydrogen-bond donors (Lipinski definition) is 1. The second-order valence-electron chi connectivity index (χ2n) is 6.46. The summed E-state index contributed by atoms with van der Waals surface area (Å²) in [6, 6.07) is 7.93. The van der Waals surface area contributed by atoms with Crippen molar-refractivity contribution in [2.45, 2.75) is 11.3 Å². The Hall–Kier alpha value is -1.81. The molecule has 0 spiro atoms. The molecule has 0 aliphatic carbocycles. The highest BCUT2D eigenvalue weighted by Crippen LogP contribution is 2.27. The molecule has 1 aliphatic rings. The van der Waals surface area contributed by atoms with Gasteiger partial charge in [-0.15, -0.1) is 0 Å². The normalized spacial score (nSPS) is 16.2. The number of methoxy groups -OCH3 is 1. The molecule has 6 nitrogen and oxygen atoms in total. The maximum atomic E-state index is 13.6. The fourth-order valence-corrected chi connectivity index (χ4v) is 4.72. The van der Waals surface area contributed by atoms with Gasteiger partial charge in [0.2, 0.25) is 0 Å². The summed E-state index contributed by atoms with van der Waals surface area (Å²) in [5, 5.41) is 2.45. The Bertz CT molecular complexity index is 994. The topological polar surface area (TPSA) is 81.7 Å². The van der Waals surface area contributed by atoms with Crippen molar-refractivity contribution in [1.29, 1.82) is 0 Å². The number of carbonyl (C=O) groups is 1. The van der Waals surface area contributed by atoms with Gasteiger partial charge in [0.1, 0.15) is 11.6 Å². The van der Waals surface area contributed by atoms with Crippen molar-refractivity contribution >= 4 is 46.5 Å². The van der Waals surface area contributed by atoms with E-state index in [2.05, 4.69) is 5.32 Å². The molecular formula is C19H21ClFNO5S2. The minimum atomic E-state index is -3.60. The van der Waals surface area contributed by atoms with Crippen molar-refractivity contribution < 1.29 is 27.1 Å². The number of halogens is 2. The summed E-state index contributed by atoms with van der Waals surface area (Å²) in [4.78, 5) is 12.7. The number of benzene rings is 2. The zero-order valence-electron chi connectivity index (χ0n) is 15.6. The Morgan fingerprint density at radius 3 is 2.69 bits per heavy atom. The van der Waals surface area contributed by atoms with Crippen LogP contribution in [0, 0.1) is 11.7 Å². The number of ether oxygens (including phenoxy) is 2. The molecule has 29 heavy (non-hydrogen) atoms. The van der Waals surface area contributed by atoms with E-state index in [1.165, 1.54) is 37.4 Å². The molecule has 2 aromatic carbocycles. The van der Waals surface area contributed by atoms with Gasteiger partial charge in [0.15, 0.2) is 9.84 Å². The Morgan fingerprint density at radius 1 is 1.31 bits per heavy atom. The summed E-state index contributed by atoms with van der Waals surface area (Å²) in [7, 11) is -2.23. The van der Waals surface area contributed by atoms with Crippen LogP contribution in [0.2, 0.25) is 5.02 Å². The van der Waals surface area contributed by atoms with E-state index in [0.29, 0.717) is 19.6 Å². The number of hydrogen-bond acceptors (Lipinski definition) is 5. The highest BCUT2D eigenvalue weighted by Gasteiger charge is 2.26. The zero-order chi connectivity index (χ0) is 20.3. The van der Waals surface area contributed by atoms with Gasteiger partial charge in [-0.1, -0.05) is 11.6 Å². The summed E-state index contributed by atoms with van der Waals surface area (Å²) in [6.45, 7) is 0.957. The first-order valence-electron chi connectivity index (χ1n) is 8.55. The number of carbonyl (C=O) groups excluding carboxylic acids is 1. The molecule has 0 radical (unpaired) electrons. The number of nitrogens with one attached hydrogen (secondary N) is 1. The van der Waals surface area contributed by atoms with E-state index >= 15 is 0 Å². The third kappa shape index (κ3) is 5.63. The second-order valence-corrected chi connectivity index (χ2v) is 8.90. The number of sulfone groups is 1. The van der Waals surface area contributed by atoms with Crippen molar-refractivity contribution in [3.8, 4) is 5.75 Å². The second kappa shape index (κ2) is 9.80. The quantitative estimate of drug-likeness (QED) is 0.709. The Kier molecular flexibility index (Phi) is 7.93. The van der Waals surface area contributed by atoms with Gasteiger partial charge in [-0.3, -0.25) is 4.79 Å². The lowest BCUT2D eigenvalue weighted by Gasteiger charge is -2.13. The lowest BCUT2D eigenvalue weighted by molar-refractivity contribution is 0.102. The smallest absolute Gasteiger partial charge is 0.259 e. The first kappa shape index (κ1) is 23.5. The van der Waals surface area contributed by atoms with Crippen molar-refractivity contribution in [3.05, 3.63) is 52.8 Å². The summed E-state index contributed by atoms with van der Waals surface area (Å²) in [5.41, 5.74) is 0.215. The molecule has 0 aromatic heterocycles. The van der Waals surface area contributed by atoms with Crippen LogP contribution in [0.4, 0.5) is 10.1 Å². The van der Waals surface area contributed by atoms with Crippen LogP contribution >= 0.6 is 25.1 Å². The first-order valence-corrected chi connectivity index (χ1v) is 10.6. The van der Waals surface area contributed by atoms with Crippen molar-refractivity contribution in [1.82, 2.24) is 0 Å². The van der Waals surface area contributed by atoms with Crippen LogP contribution in [-0.4, -0.2) is 40.4 Å². The minimum Gasteiger partial charge on any atom is -0.496 e. The van der Waals surface area contributed by atoms with Gasteiger partial charge in [-0.25, -0.2) is 12.8 Å². The average Bonchev–Trinajstić information content (AvgIpc) is 3.16. The van der Waals surface area contributed by atoms with Gasteiger partial charge in [0.05, 0.1) is 35.0 Å². The van der Waals surface area contributed by atoms with Gasteiger partial charge < -0.3 is 14.8 Å². The lowest BCUT2D eigenvalue weighted by atomic mass is 10.1. The molecular weight excluding hydrogens is 441 g/mol. The van der Waals surface area contributed by atoms with Gasteiger partial charge in [-0.2, -0.15) is 13.5 Å². The predicted molar refractivity (Wildman–Crippen MR) is 114 cm³/mol. The van der Waals surface area contributed by atoms with E-state index in [9.17, 15) is 17.6 Å². The van der Waals surface area contributed by atoms with Gasteiger partial charge >= 0.3 is 0 Å². The predicted octanol–water partition coefficient (Wildman–Crippen LogP) is 3.66. The molecule has 1 heterocycles. The highest BCUT2D eigenvalue weighted by molar-refractivity contribution is 7.91. The van der Waals surface area contributed by atoms with Crippen LogP contribution in [0.1, 0.15) is 16.8 Å². The largest absolute Gasteiger partial charge is 0.496 e. The third-order valence-electron chi connectivity index (χ3n) is 4.43. The summed E-state index contributed by atoms with van der Waals surface area (Å²) >= 11 is 5.64. The van der Waals surface area contributed by atoms with E-state index in [-0.39, 0.29) is 52.1 Å². The van der Waals surface area contributed by atoms with E-state index in [4.69, 9.17) is 21.1 Å². The summed E-state index contributed by atoms with van der Waals surface area (Å²) in [5.74, 6) is -1.22. The van der Waals surface area contributed by atoms with Crippen LogP contribution in [0.3, 0.4) is 0 Å². The van der Waals surface area contributed by atoms with E-state index in [1.807, 2.05) is 0 Å². The molecule has 0 saturated carbocycles. The van der Waals surface area contributed by atoms with Crippen LogP contribution in [-0.2, 0) is 14.6 Å². The highest BCUT2D eigenvalue weighted by atomic mass is 35.5. The standard InChI is InChI=1S/C19H19ClFNO5S.H2S/c1-26-18-5-3-14(28(24,25)11-12-6-7-27-10-12)9-15(18)19(23)22-13-2-4-16(20)17(21)8-13;/h2-5,8-9,12H,6-7,10-11H2,1H3,(H,22,23);1H2/t12-;/m0./s1. The van der Waals surface area contributed by atoms with E-state index < -0.39 is 21.6 Å². The first-order chi connectivity index (χ1) is 13.3. The monoisotopic (exact) mass is 461 g/mol. The fraction of sp³-hybridized carbons (Fsp3) is 0.316. The Morgan fingerprint density at radius 2 is 2.07 bits per heavy atom. The van der Waals surface area contributed by atoms with Crippen LogP contribution in [0.25, 0.3) is 0 Å². The molecule has 0 bridgehead atoms. The van der Waals surface area contributed by atoms with Crippen LogP contribution in [0.15, 0.2) is 41.3 Å². The molecule has 1 N–H and O–H groups in total. The minimum absolute atomic E-state index is 0. The summed E-state index contributed by atoms with van der Waals surface area (Å²) < 4.78 is 49.4. The Labute approximate surface area is 180 Å². The summed E-state index contributed by atoms with van der Waals surface area (Å²) in [6.07, 6.45) is 0.685. The van der Waals surface area contributed by atoms with E-state index in [0.717, 1.165) is 6.07 Å². The molecule has 2 aromatic rings. The fourth-order valence-electron chi connectivity index (χ4n) is 2.95. The average molecular weight is 462 g/mol. The maximum Gasteiger partial charge on any atom is 0.259 e. The SMILES string of the molecule is COc1ccc(S(=O)(=O)C[C@H]2CCOC2)cc1C(=O)Nc1ccc(Cl)c(F)c1.S. The van der Waals surface area contributed by atoms with Crippen LogP contribution in [0.5, 0.6) is 5.75 Å². The Balaban J connectivity index is 0.00000300. The molecule has 10 heteroatoms. The molecule has 3 rings (SSSR count). The van der Waals surface area contributed by atoms with Crippen LogP contribution < -0.4 is 10.1 Å². The lowest BCUT2D eigenvalue weighted by Crippen LogP contribution is -2.18. The molecule has 1 fully saturated rings. The number of amides is 1. The molecule has 1 amide bonds. The van der Waals surface area contributed by atoms with Crippen molar-refractivity contribution in [2.75, 3.05) is 31.4 Å². The molecule has 0 unspecified atom stereocenters. The van der Waals surface area contributed by atoms with Gasteiger partial charge in [0, 0.05) is 12.3 Å². The molecule has 1 aliphatic heterocycles.